The van der Waals surface area contributed by atoms with Crippen molar-refractivity contribution in [2.75, 3.05) is 13.2 Å². The van der Waals surface area contributed by atoms with E-state index in [-0.39, 0.29) is 13.0 Å². The first-order valence-corrected chi connectivity index (χ1v) is 6.06. The van der Waals surface area contributed by atoms with E-state index in [0.29, 0.717) is 12.8 Å². The molecule has 112 valence electrons. The van der Waals surface area contributed by atoms with Gasteiger partial charge in [-0.1, -0.05) is 0 Å². The third-order valence-electron chi connectivity index (χ3n) is 3.03. The Balaban J connectivity index is 2.74. The molecule has 0 aromatic rings. The highest BCUT2D eigenvalue weighted by atomic mass is 16.4. The monoisotopic (exact) mass is 288 g/mol. The maximum Gasteiger partial charge on any atom is 0.328 e. The lowest BCUT2D eigenvalue weighted by Gasteiger charge is -2.32. The molecule has 4 N–H and O–H groups in total. The number of nitrogens with one attached hydrogen (secondary N) is 1. The third-order valence-corrected chi connectivity index (χ3v) is 3.03. The second kappa shape index (κ2) is 6.85. The molecule has 9 nitrogen and oxygen atoms in total. The van der Waals surface area contributed by atoms with Gasteiger partial charge in [0.25, 0.3) is 0 Å². The van der Waals surface area contributed by atoms with Gasteiger partial charge in [0.05, 0.1) is 6.61 Å². The third kappa shape index (κ3) is 3.67. The molecule has 1 saturated heterocycles. The Hall–Kier alpha value is -2.16. The minimum Gasteiger partial charge on any atom is -0.480 e. The lowest BCUT2D eigenvalue weighted by Crippen LogP contribution is -2.55. The summed E-state index contributed by atoms with van der Waals surface area (Å²) < 4.78 is 0. The molecule has 0 radical (unpaired) electrons. The summed E-state index contributed by atoms with van der Waals surface area (Å²) >= 11 is 0. The van der Waals surface area contributed by atoms with Crippen molar-refractivity contribution in [1.82, 2.24) is 10.2 Å². The zero-order chi connectivity index (χ0) is 15.3. The Morgan fingerprint density at radius 3 is 2.35 bits per heavy atom. The highest BCUT2D eigenvalue weighted by Gasteiger charge is 2.36. The van der Waals surface area contributed by atoms with E-state index in [9.17, 15) is 19.2 Å². The smallest absolute Gasteiger partial charge is 0.328 e. The molecule has 20 heavy (non-hydrogen) atoms. The molecule has 0 unspecified atom stereocenters. The fraction of sp³-hybridized carbons (Fsp3) is 0.636. The van der Waals surface area contributed by atoms with Crippen LogP contribution in [0.4, 0.5) is 0 Å². The van der Waals surface area contributed by atoms with Crippen LogP contribution in [0, 0.1) is 0 Å². The number of rotatable bonds is 4. The van der Waals surface area contributed by atoms with Gasteiger partial charge in [-0.05, 0) is 19.3 Å². The van der Waals surface area contributed by atoms with E-state index in [4.69, 9.17) is 15.3 Å². The van der Waals surface area contributed by atoms with Crippen molar-refractivity contribution < 1.29 is 34.5 Å². The average Bonchev–Trinajstić information content (AvgIpc) is 2.43. The molecule has 0 bridgehead atoms. The summed E-state index contributed by atoms with van der Waals surface area (Å²) in [7, 11) is 0. The Labute approximate surface area is 114 Å². The van der Waals surface area contributed by atoms with Crippen molar-refractivity contribution >= 4 is 23.8 Å². The van der Waals surface area contributed by atoms with Crippen LogP contribution in [0.15, 0.2) is 0 Å². The molecule has 0 aliphatic carbocycles. The first-order valence-electron chi connectivity index (χ1n) is 6.06. The van der Waals surface area contributed by atoms with Crippen molar-refractivity contribution in [2.24, 2.45) is 0 Å². The Morgan fingerprint density at radius 2 is 1.85 bits per heavy atom. The molecule has 0 saturated carbocycles. The summed E-state index contributed by atoms with van der Waals surface area (Å²) in [5.74, 6) is -5.03. The van der Waals surface area contributed by atoms with E-state index >= 15 is 0 Å². The lowest BCUT2D eigenvalue weighted by molar-refractivity contribution is -0.157. The average molecular weight is 288 g/mol. The first kappa shape index (κ1) is 15.9. The van der Waals surface area contributed by atoms with Crippen molar-refractivity contribution in [3.8, 4) is 0 Å². The molecule has 1 aliphatic rings. The Morgan fingerprint density at radius 1 is 1.20 bits per heavy atom. The van der Waals surface area contributed by atoms with Crippen LogP contribution >= 0.6 is 0 Å². The normalized spacial score (nSPS) is 20.1. The molecule has 0 aromatic heterocycles. The molecule has 2 amide bonds. The van der Waals surface area contributed by atoms with Gasteiger partial charge in [0.1, 0.15) is 6.04 Å². The molecule has 0 aromatic carbocycles. The molecule has 1 fully saturated rings. The van der Waals surface area contributed by atoms with Crippen LogP contribution in [0.3, 0.4) is 0 Å². The quantitative estimate of drug-likeness (QED) is 0.438. The number of aliphatic hydroxyl groups is 1. The topological polar surface area (TPSA) is 144 Å². The highest BCUT2D eigenvalue weighted by Crippen LogP contribution is 2.17. The molecule has 9 heteroatoms. The van der Waals surface area contributed by atoms with E-state index in [2.05, 4.69) is 0 Å². The van der Waals surface area contributed by atoms with E-state index in [0.717, 1.165) is 4.90 Å². The number of carbonyl (C=O) groups is 4. The highest BCUT2D eigenvalue weighted by molar-refractivity contribution is 6.35. The molecule has 2 atom stereocenters. The molecule has 0 spiro atoms. The standard InChI is InChI=1S/C11H16N2O7/c14-5-6(10(17)18)12-8(15)9(16)13-4-2-1-3-7(13)11(19)20/h6-7,14H,1-5H2,(H,12,15)(H,17,18)(H,19,20)/t6-,7+/m0/s1. The van der Waals surface area contributed by atoms with Crippen LogP contribution in [0.25, 0.3) is 0 Å². The zero-order valence-electron chi connectivity index (χ0n) is 10.6. The van der Waals surface area contributed by atoms with E-state index < -0.39 is 42.4 Å². The van der Waals surface area contributed by atoms with Gasteiger partial charge in [0.2, 0.25) is 0 Å². The number of carboxylic acids is 2. The van der Waals surface area contributed by atoms with Crippen LogP contribution in [-0.2, 0) is 19.2 Å². The van der Waals surface area contributed by atoms with Gasteiger partial charge in [0, 0.05) is 6.54 Å². The number of hydrogen-bond acceptors (Lipinski definition) is 5. The number of piperidine rings is 1. The molecular formula is C11H16N2O7. The van der Waals surface area contributed by atoms with Crippen molar-refractivity contribution in [3.05, 3.63) is 0 Å². The number of likely N-dealkylation sites (tertiary alicyclic amines) is 1. The minimum atomic E-state index is -1.60. The summed E-state index contributed by atoms with van der Waals surface area (Å²) in [5, 5.41) is 28.3. The number of carboxylic acid groups (broad SMARTS) is 2. The maximum atomic E-state index is 11.9. The number of carbonyl (C=O) groups excluding carboxylic acids is 2. The van der Waals surface area contributed by atoms with Gasteiger partial charge >= 0.3 is 23.8 Å². The second-order valence-electron chi connectivity index (χ2n) is 4.40. The zero-order valence-corrected chi connectivity index (χ0v) is 10.6. The van der Waals surface area contributed by atoms with Crippen LogP contribution in [0.5, 0.6) is 0 Å². The van der Waals surface area contributed by atoms with Crippen molar-refractivity contribution in [1.29, 1.82) is 0 Å². The van der Waals surface area contributed by atoms with Crippen LogP contribution < -0.4 is 5.32 Å². The van der Waals surface area contributed by atoms with Crippen LogP contribution in [-0.4, -0.2) is 69.2 Å². The van der Waals surface area contributed by atoms with Gasteiger partial charge in [0.15, 0.2) is 6.04 Å². The van der Waals surface area contributed by atoms with Crippen molar-refractivity contribution in [2.45, 2.75) is 31.3 Å². The van der Waals surface area contributed by atoms with Gasteiger partial charge in [-0.3, -0.25) is 9.59 Å². The number of hydrogen-bond donors (Lipinski definition) is 4. The summed E-state index contributed by atoms with van der Waals surface area (Å²) in [6.45, 7) is -0.739. The second-order valence-corrected chi connectivity index (χ2v) is 4.40. The van der Waals surface area contributed by atoms with Gasteiger partial charge in [-0.25, -0.2) is 9.59 Å². The molecule has 1 rings (SSSR count). The lowest BCUT2D eigenvalue weighted by atomic mass is 10.0. The molecular weight excluding hydrogens is 272 g/mol. The molecule has 1 aliphatic heterocycles. The molecule has 1 heterocycles. The summed E-state index contributed by atoms with van der Waals surface area (Å²) in [6, 6.07) is -2.68. The van der Waals surface area contributed by atoms with Gasteiger partial charge in [-0.15, -0.1) is 0 Å². The SMILES string of the molecule is O=C(N[C@@H](CO)C(=O)O)C(=O)N1CCCC[C@@H]1C(=O)O. The fourth-order valence-electron chi connectivity index (χ4n) is 1.97. The van der Waals surface area contributed by atoms with E-state index in [1.165, 1.54) is 0 Å². The maximum absolute atomic E-state index is 11.9. The Bertz CT molecular complexity index is 423. The minimum absolute atomic E-state index is 0.125. The van der Waals surface area contributed by atoms with Crippen LogP contribution in [0.2, 0.25) is 0 Å². The van der Waals surface area contributed by atoms with Gasteiger partial charge in [-0.2, -0.15) is 0 Å². The number of aliphatic hydroxyl groups excluding tert-OH is 1. The number of nitrogens with zero attached hydrogens (tertiary/aromatic N) is 1. The Kier molecular flexibility index (Phi) is 5.44. The first-order chi connectivity index (χ1) is 9.38. The van der Waals surface area contributed by atoms with Gasteiger partial charge < -0.3 is 25.5 Å². The summed E-state index contributed by atoms with van der Waals surface area (Å²) in [5.41, 5.74) is 0. The predicted molar refractivity (Wildman–Crippen MR) is 63.6 cm³/mol. The van der Waals surface area contributed by atoms with Crippen molar-refractivity contribution in [3.63, 3.8) is 0 Å². The van der Waals surface area contributed by atoms with Crippen LogP contribution in [0.1, 0.15) is 19.3 Å². The predicted octanol–water partition coefficient (Wildman–Crippen LogP) is -1.99. The number of aliphatic carboxylic acids is 2. The summed E-state index contributed by atoms with van der Waals surface area (Å²) in [6.07, 6.45) is 1.46. The fourth-order valence-corrected chi connectivity index (χ4v) is 1.97. The van der Waals surface area contributed by atoms with E-state index in [1.807, 2.05) is 5.32 Å². The number of amides is 2. The summed E-state index contributed by atoms with van der Waals surface area (Å²) in [4.78, 5) is 46.1. The largest absolute Gasteiger partial charge is 0.480 e. The van der Waals surface area contributed by atoms with E-state index in [1.54, 1.807) is 0 Å².